The summed E-state index contributed by atoms with van der Waals surface area (Å²) >= 11 is 0. The zero-order valence-electron chi connectivity index (χ0n) is 23.5. The molecule has 0 bridgehead atoms. The first-order valence-corrected chi connectivity index (χ1v) is 14.1. The summed E-state index contributed by atoms with van der Waals surface area (Å²) in [6, 6.07) is 24.0. The van der Waals surface area contributed by atoms with E-state index in [1.54, 1.807) is 0 Å². The number of benzene rings is 3. The van der Waals surface area contributed by atoms with Crippen LogP contribution in [0.25, 0.3) is 11.1 Å². The maximum absolute atomic E-state index is 12.0. The van der Waals surface area contributed by atoms with E-state index in [2.05, 4.69) is 19.1 Å². The minimum atomic E-state index is -0.990. The summed E-state index contributed by atoms with van der Waals surface area (Å²) in [4.78, 5) is 34.3. The van der Waals surface area contributed by atoms with E-state index in [0.29, 0.717) is 12.2 Å². The van der Waals surface area contributed by atoms with Crippen LogP contribution in [-0.2, 0) is 4.79 Å². The van der Waals surface area contributed by atoms with E-state index < -0.39 is 5.97 Å². The van der Waals surface area contributed by atoms with Crippen molar-refractivity contribution in [3.63, 3.8) is 0 Å². The lowest BCUT2D eigenvalue weighted by Crippen LogP contribution is -2.09. The molecule has 5 heteroatoms. The summed E-state index contributed by atoms with van der Waals surface area (Å²) in [6.45, 7) is 6.22. The molecule has 3 aromatic rings. The maximum atomic E-state index is 12.0. The molecular formula is C34H42O5. The van der Waals surface area contributed by atoms with Crippen molar-refractivity contribution in [3.05, 3.63) is 90.0 Å². The Kier molecular flexibility index (Phi) is 14.3. The second-order valence-electron chi connectivity index (χ2n) is 9.79. The van der Waals surface area contributed by atoms with Crippen LogP contribution in [-0.4, -0.2) is 22.8 Å². The number of carboxylic acid groups (broad SMARTS) is 1. The number of hydrogen-bond donors (Lipinski definition) is 1. The van der Waals surface area contributed by atoms with Gasteiger partial charge in [0.15, 0.2) is 5.78 Å². The zero-order chi connectivity index (χ0) is 28.5. The van der Waals surface area contributed by atoms with Crippen LogP contribution < -0.4 is 4.74 Å². The van der Waals surface area contributed by atoms with Crippen molar-refractivity contribution >= 4 is 17.7 Å². The number of ether oxygens (including phenoxy) is 1. The first-order valence-electron chi connectivity index (χ1n) is 14.1. The molecule has 0 spiro atoms. The van der Waals surface area contributed by atoms with Gasteiger partial charge in [-0.1, -0.05) is 114 Å². The lowest BCUT2D eigenvalue weighted by atomic mass is 9.95. The molecule has 1 N–H and O–H groups in total. The van der Waals surface area contributed by atoms with Crippen molar-refractivity contribution < 1.29 is 24.2 Å². The van der Waals surface area contributed by atoms with Crippen LogP contribution in [0, 0.1) is 5.92 Å². The highest BCUT2D eigenvalue weighted by Crippen LogP contribution is 2.21. The van der Waals surface area contributed by atoms with Crippen LogP contribution in [0.15, 0.2) is 78.9 Å². The van der Waals surface area contributed by atoms with Crippen molar-refractivity contribution in [1.29, 1.82) is 0 Å². The van der Waals surface area contributed by atoms with Crippen LogP contribution in [0.1, 0.15) is 99.3 Å². The van der Waals surface area contributed by atoms with Gasteiger partial charge in [0.2, 0.25) is 0 Å². The smallest absolute Gasteiger partial charge is 0.335 e. The van der Waals surface area contributed by atoms with Crippen molar-refractivity contribution in [2.45, 2.75) is 78.6 Å². The maximum Gasteiger partial charge on any atom is 0.335 e. The van der Waals surface area contributed by atoms with Crippen molar-refractivity contribution in [2.75, 3.05) is 0 Å². The predicted octanol–water partition coefficient (Wildman–Crippen LogP) is 9.01. The molecule has 0 aliphatic rings. The van der Waals surface area contributed by atoms with Crippen LogP contribution in [0.2, 0.25) is 0 Å². The number of carbonyl (C=O) groups is 3. The topological polar surface area (TPSA) is 80.7 Å². The van der Waals surface area contributed by atoms with Gasteiger partial charge in [-0.2, -0.15) is 0 Å². The molecule has 39 heavy (non-hydrogen) atoms. The highest BCUT2D eigenvalue weighted by Gasteiger charge is 2.13. The Morgan fingerprint density at radius 1 is 0.692 bits per heavy atom. The molecule has 0 aliphatic heterocycles. The van der Waals surface area contributed by atoms with Crippen LogP contribution in [0.4, 0.5) is 0 Å². The molecule has 0 radical (unpaired) electrons. The SMILES string of the molecule is CCC(C)C(=O)c1ccc(-c2ccccc2)cc1.CCCCCCCCCC(=O)Oc1ccc(C(=O)O)cc1. The van der Waals surface area contributed by atoms with Gasteiger partial charge < -0.3 is 9.84 Å². The lowest BCUT2D eigenvalue weighted by Gasteiger charge is -2.08. The molecule has 208 valence electrons. The number of rotatable bonds is 14. The summed E-state index contributed by atoms with van der Waals surface area (Å²) in [5.41, 5.74) is 3.32. The molecule has 0 aliphatic carbocycles. The third-order valence-corrected chi connectivity index (χ3v) is 6.65. The molecule has 5 nitrogen and oxygen atoms in total. The third kappa shape index (κ3) is 11.7. The minimum Gasteiger partial charge on any atom is -0.478 e. The molecule has 0 saturated heterocycles. The van der Waals surface area contributed by atoms with Gasteiger partial charge in [-0.25, -0.2) is 4.79 Å². The first kappa shape index (κ1) is 31.5. The summed E-state index contributed by atoms with van der Waals surface area (Å²) in [6.07, 6.45) is 9.40. The van der Waals surface area contributed by atoms with Gasteiger partial charge in [-0.05, 0) is 48.2 Å². The Balaban J connectivity index is 0.000000276. The van der Waals surface area contributed by atoms with E-state index in [9.17, 15) is 14.4 Å². The van der Waals surface area contributed by atoms with Crippen molar-refractivity contribution in [2.24, 2.45) is 5.92 Å². The molecule has 1 unspecified atom stereocenters. The minimum absolute atomic E-state index is 0.104. The molecule has 0 saturated carbocycles. The largest absolute Gasteiger partial charge is 0.478 e. The fourth-order valence-corrected chi connectivity index (χ4v) is 4.00. The third-order valence-electron chi connectivity index (χ3n) is 6.65. The van der Waals surface area contributed by atoms with E-state index in [0.717, 1.165) is 30.4 Å². The number of aromatic carboxylic acids is 1. The highest BCUT2D eigenvalue weighted by molar-refractivity contribution is 5.98. The van der Waals surface area contributed by atoms with E-state index in [4.69, 9.17) is 9.84 Å². The van der Waals surface area contributed by atoms with Gasteiger partial charge >= 0.3 is 11.9 Å². The van der Waals surface area contributed by atoms with E-state index in [1.165, 1.54) is 61.9 Å². The number of hydrogen-bond acceptors (Lipinski definition) is 4. The lowest BCUT2D eigenvalue weighted by molar-refractivity contribution is -0.134. The zero-order valence-corrected chi connectivity index (χ0v) is 23.5. The Labute approximate surface area is 233 Å². The summed E-state index contributed by atoms with van der Waals surface area (Å²) in [5, 5.41) is 8.77. The highest BCUT2D eigenvalue weighted by atomic mass is 16.5. The van der Waals surface area contributed by atoms with Gasteiger partial charge in [-0.3, -0.25) is 9.59 Å². The van der Waals surface area contributed by atoms with E-state index >= 15 is 0 Å². The normalized spacial score (nSPS) is 11.2. The predicted molar refractivity (Wildman–Crippen MR) is 157 cm³/mol. The molecule has 0 heterocycles. The molecule has 3 rings (SSSR count). The molecule has 1 atom stereocenters. The average Bonchev–Trinajstić information content (AvgIpc) is 2.97. The molecule has 0 aromatic heterocycles. The number of unbranched alkanes of at least 4 members (excludes halogenated alkanes) is 6. The van der Waals surface area contributed by atoms with Crippen LogP contribution in [0.5, 0.6) is 5.75 Å². The number of esters is 1. The number of ketones is 1. The second-order valence-corrected chi connectivity index (χ2v) is 9.79. The van der Waals surface area contributed by atoms with Crippen LogP contribution in [0.3, 0.4) is 0 Å². The first-order chi connectivity index (χ1) is 18.8. The molecular weight excluding hydrogens is 488 g/mol. The standard InChI is InChI=1S/C17H24O4.C17H18O/c1-2-3-4-5-6-7-8-9-16(18)21-15-12-10-14(11-13-15)17(19)20;1-3-13(2)17(18)16-11-9-15(10-12-16)14-7-5-4-6-8-14/h10-13H,2-9H2,1H3,(H,19,20);4-13H,3H2,1-2H3. The van der Waals surface area contributed by atoms with Crippen molar-refractivity contribution in [1.82, 2.24) is 0 Å². The van der Waals surface area contributed by atoms with E-state index in [-0.39, 0.29) is 23.2 Å². The second kappa shape index (κ2) is 17.7. The van der Waals surface area contributed by atoms with Crippen molar-refractivity contribution in [3.8, 4) is 16.9 Å². The van der Waals surface area contributed by atoms with Gasteiger partial charge in [-0.15, -0.1) is 0 Å². The number of carbonyl (C=O) groups excluding carboxylic acids is 2. The average molecular weight is 531 g/mol. The Morgan fingerprint density at radius 3 is 1.79 bits per heavy atom. The summed E-state index contributed by atoms with van der Waals surface area (Å²) in [5.74, 6) is -0.514. The fraction of sp³-hybridized carbons (Fsp3) is 0.382. The van der Waals surface area contributed by atoms with Crippen LogP contribution >= 0.6 is 0 Å². The van der Waals surface area contributed by atoms with Gasteiger partial charge in [0.1, 0.15) is 5.75 Å². The Bertz CT molecular complexity index is 1130. The number of carboxylic acids is 1. The molecule has 3 aromatic carbocycles. The van der Waals surface area contributed by atoms with E-state index in [1.807, 2.05) is 56.3 Å². The fourth-order valence-electron chi connectivity index (χ4n) is 4.00. The molecule has 0 fully saturated rings. The summed E-state index contributed by atoms with van der Waals surface area (Å²) < 4.78 is 5.16. The Hall–Kier alpha value is -3.73. The quantitative estimate of drug-likeness (QED) is 0.0973. The number of Topliss-reactive ketones (excluding diaryl/α,β-unsaturated/α-hetero) is 1. The van der Waals surface area contributed by atoms with Gasteiger partial charge in [0.25, 0.3) is 0 Å². The summed E-state index contributed by atoms with van der Waals surface area (Å²) in [7, 11) is 0. The molecule has 0 amide bonds. The monoisotopic (exact) mass is 530 g/mol. The van der Waals surface area contributed by atoms with Gasteiger partial charge in [0, 0.05) is 17.9 Å². The van der Waals surface area contributed by atoms with Gasteiger partial charge in [0.05, 0.1) is 5.56 Å². The Morgan fingerprint density at radius 2 is 1.23 bits per heavy atom.